The van der Waals surface area contributed by atoms with E-state index in [0.29, 0.717) is 17.5 Å². The van der Waals surface area contributed by atoms with Crippen LogP contribution in [0.3, 0.4) is 0 Å². The fourth-order valence-electron chi connectivity index (χ4n) is 2.33. The molecule has 2 heteroatoms. The maximum atomic E-state index is 3.75. The third kappa shape index (κ3) is 5.71. The van der Waals surface area contributed by atoms with E-state index in [-0.39, 0.29) is 0 Å². The van der Waals surface area contributed by atoms with Crippen molar-refractivity contribution >= 4 is 0 Å². The molecule has 0 aromatic heterocycles. The summed E-state index contributed by atoms with van der Waals surface area (Å²) in [5.74, 6) is 0.985. The van der Waals surface area contributed by atoms with Gasteiger partial charge >= 0.3 is 0 Å². The molecule has 0 radical (unpaired) electrons. The molecule has 2 nitrogen and oxygen atoms in total. The monoisotopic (exact) mass is 254 g/mol. The molecule has 0 aromatic rings. The third-order valence-corrected chi connectivity index (χ3v) is 4.02. The summed E-state index contributed by atoms with van der Waals surface area (Å²) in [5.41, 5.74) is 0.339. The molecule has 1 aliphatic carbocycles. The fraction of sp³-hybridized carbons (Fsp3) is 1.00. The average Bonchev–Trinajstić information content (AvgIpc) is 3.04. The van der Waals surface area contributed by atoms with E-state index in [1.54, 1.807) is 0 Å². The summed E-state index contributed by atoms with van der Waals surface area (Å²) in [6.07, 6.45) is 4.12. The predicted octanol–water partition coefficient (Wildman–Crippen LogP) is 3.52. The molecule has 1 fully saturated rings. The Hall–Kier alpha value is -0.0800. The first-order valence-corrected chi connectivity index (χ1v) is 7.82. The molecule has 1 N–H and O–H groups in total. The minimum absolute atomic E-state index is 0.339. The largest absolute Gasteiger partial charge is 0.312 e. The van der Waals surface area contributed by atoms with E-state index in [4.69, 9.17) is 0 Å². The van der Waals surface area contributed by atoms with Gasteiger partial charge in [-0.1, -0.05) is 27.7 Å². The van der Waals surface area contributed by atoms with Gasteiger partial charge in [0.1, 0.15) is 0 Å². The highest BCUT2D eigenvalue weighted by Gasteiger charge is 2.30. The molecule has 1 rings (SSSR count). The molecule has 1 unspecified atom stereocenters. The van der Waals surface area contributed by atoms with Crippen LogP contribution in [0.1, 0.15) is 60.8 Å². The van der Waals surface area contributed by atoms with Crippen LogP contribution < -0.4 is 5.32 Å². The van der Waals surface area contributed by atoms with Crippen molar-refractivity contribution in [3.8, 4) is 0 Å². The highest BCUT2D eigenvalue weighted by Crippen LogP contribution is 2.31. The lowest BCUT2D eigenvalue weighted by Gasteiger charge is -2.38. The molecule has 0 heterocycles. The second-order valence-electron chi connectivity index (χ2n) is 7.36. The number of nitrogens with zero attached hydrogens (tertiary/aromatic N) is 1. The zero-order valence-corrected chi connectivity index (χ0v) is 13.4. The van der Waals surface area contributed by atoms with E-state index in [0.717, 1.165) is 12.5 Å². The summed E-state index contributed by atoms with van der Waals surface area (Å²) in [7, 11) is 0. The Bertz CT molecular complexity index is 226. The van der Waals surface area contributed by atoms with Crippen LogP contribution in [0.25, 0.3) is 0 Å². The van der Waals surface area contributed by atoms with Crippen LogP contribution in [0.5, 0.6) is 0 Å². The van der Waals surface area contributed by atoms with E-state index >= 15 is 0 Å². The van der Waals surface area contributed by atoms with E-state index in [9.17, 15) is 0 Å². The van der Waals surface area contributed by atoms with Crippen LogP contribution in [-0.4, -0.2) is 36.6 Å². The van der Waals surface area contributed by atoms with Gasteiger partial charge in [0, 0.05) is 25.2 Å². The Morgan fingerprint density at radius 3 is 2.22 bits per heavy atom. The number of rotatable bonds is 8. The van der Waals surface area contributed by atoms with E-state index < -0.39 is 0 Å². The predicted molar refractivity (Wildman–Crippen MR) is 81.0 cm³/mol. The van der Waals surface area contributed by atoms with Gasteiger partial charge in [0.15, 0.2) is 0 Å². The van der Waals surface area contributed by atoms with Gasteiger partial charge in [0.05, 0.1) is 0 Å². The van der Waals surface area contributed by atoms with Crippen LogP contribution >= 0.6 is 0 Å². The van der Waals surface area contributed by atoms with Crippen molar-refractivity contribution in [2.75, 3.05) is 19.6 Å². The summed E-state index contributed by atoms with van der Waals surface area (Å²) in [4.78, 5) is 2.68. The smallest absolute Gasteiger partial charge is 0.0243 e. The maximum Gasteiger partial charge on any atom is 0.0243 e. The number of nitrogens with one attached hydrogen (secondary N) is 1. The van der Waals surface area contributed by atoms with Crippen molar-refractivity contribution in [3.05, 3.63) is 0 Å². The fourth-order valence-corrected chi connectivity index (χ4v) is 2.33. The summed E-state index contributed by atoms with van der Waals surface area (Å²) in [6.45, 7) is 17.6. The summed E-state index contributed by atoms with van der Waals surface area (Å²) in [5, 5.41) is 3.75. The van der Waals surface area contributed by atoms with Gasteiger partial charge in [0.2, 0.25) is 0 Å². The second kappa shape index (κ2) is 6.91. The lowest BCUT2D eigenvalue weighted by atomic mass is 9.86. The Balaban J connectivity index is 2.53. The zero-order valence-electron chi connectivity index (χ0n) is 13.4. The lowest BCUT2D eigenvalue weighted by molar-refractivity contribution is 0.141. The zero-order chi connectivity index (χ0) is 13.8. The molecule has 0 aliphatic heterocycles. The first-order valence-electron chi connectivity index (χ1n) is 7.82. The summed E-state index contributed by atoms with van der Waals surface area (Å²) < 4.78 is 0. The molecule has 0 amide bonds. The molecule has 1 saturated carbocycles. The molecule has 1 aliphatic rings. The highest BCUT2D eigenvalue weighted by atomic mass is 15.2. The van der Waals surface area contributed by atoms with E-state index in [2.05, 4.69) is 51.8 Å². The van der Waals surface area contributed by atoms with Gasteiger partial charge in [-0.2, -0.15) is 0 Å². The van der Waals surface area contributed by atoms with Crippen LogP contribution in [0.4, 0.5) is 0 Å². The Morgan fingerprint density at radius 1 is 1.22 bits per heavy atom. The van der Waals surface area contributed by atoms with E-state index in [1.807, 2.05) is 0 Å². The summed E-state index contributed by atoms with van der Waals surface area (Å²) >= 11 is 0. The first kappa shape index (κ1) is 16.0. The highest BCUT2D eigenvalue weighted by molar-refractivity contribution is 4.87. The van der Waals surface area contributed by atoms with Crippen LogP contribution in [-0.2, 0) is 0 Å². The Morgan fingerprint density at radius 2 is 1.83 bits per heavy atom. The van der Waals surface area contributed by atoms with Crippen molar-refractivity contribution in [1.29, 1.82) is 0 Å². The van der Waals surface area contributed by atoms with Crippen molar-refractivity contribution in [2.24, 2.45) is 11.3 Å². The molecule has 108 valence electrons. The minimum atomic E-state index is 0.339. The van der Waals surface area contributed by atoms with Crippen LogP contribution in [0, 0.1) is 11.3 Å². The van der Waals surface area contributed by atoms with Gasteiger partial charge in [-0.25, -0.2) is 0 Å². The van der Waals surface area contributed by atoms with Crippen molar-refractivity contribution in [3.63, 3.8) is 0 Å². The molecule has 0 bridgehead atoms. The third-order valence-electron chi connectivity index (χ3n) is 4.02. The molecular formula is C16H34N2. The van der Waals surface area contributed by atoms with Gasteiger partial charge in [-0.3, -0.25) is 4.90 Å². The van der Waals surface area contributed by atoms with Crippen LogP contribution in [0.2, 0.25) is 0 Å². The van der Waals surface area contributed by atoms with Gasteiger partial charge < -0.3 is 5.32 Å². The SMILES string of the molecule is CCCNC(CN(CC1CC1)C(C)C)C(C)(C)C. The molecular weight excluding hydrogens is 220 g/mol. The lowest BCUT2D eigenvalue weighted by Crippen LogP contribution is -2.50. The standard InChI is InChI=1S/C16H34N2/c1-7-10-17-15(16(4,5)6)12-18(13(2)3)11-14-8-9-14/h13-15,17H,7-12H2,1-6H3. The first-order chi connectivity index (χ1) is 8.34. The molecule has 0 saturated heterocycles. The number of hydrogen-bond acceptors (Lipinski definition) is 2. The molecule has 0 aromatic carbocycles. The van der Waals surface area contributed by atoms with Gasteiger partial charge in [-0.15, -0.1) is 0 Å². The average molecular weight is 254 g/mol. The quantitative estimate of drug-likeness (QED) is 0.713. The van der Waals surface area contributed by atoms with Gasteiger partial charge in [0.25, 0.3) is 0 Å². The van der Waals surface area contributed by atoms with Crippen molar-refractivity contribution < 1.29 is 0 Å². The maximum absolute atomic E-state index is 3.75. The molecule has 18 heavy (non-hydrogen) atoms. The molecule has 0 spiro atoms. The van der Waals surface area contributed by atoms with Crippen molar-refractivity contribution in [1.82, 2.24) is 10.2 Å². The van der Waals surface area contributed by atoms with Crippen LogP contribution in [0.15, 0.2) is 0 Å². The minimum Gasteiger partial charge on any atom is -0.312 e. The normalized spacial score (nSPS) is 18.7. The number of hydrogen-bond donors (Lipinski definition) is 1. The topological polar surface area (TPSA) is 15.3 Å². The molecule has 1 atom stereocenters. The Kier molecular flexibility index (Phi) is 6.13. The van der Waals surface area contributed by atoms with Gasteiger partial charge in [-0.05, 0) is 51.0 Å². The Labute approximate surface area is 115 Å². The van der Waals surface area contributed by atoms with E-state index in [1.165, 1.54) is 32.4 Å². The van der Waals surface area contributed by atoms with Crippen molar-refractivity contribution in [2.45, 2.75) is 72.9 Å². The second-order valence-corrected chi connectivity index (χ2v) is 7.36. The summed E-state index contributed by atoms with van der Waals surface area (Å²) in [6, 6.07) is 1.26.